The van der Waals surface area contributed by atoms with Gasteiger partial charge in [0.25, 0.3) is 0 Å². The van der Waals surface area contributed by atoms with Crippen molar-refractivity contribution < 1.29 is 9.68 Å². The second kappa shape index (κ2) is 7.62. The Labute approximate surface area is 202 Å². The van der Waals surface area contributed by atoms with Gasteiger partial charge in [0.15, 0.2) is 17.8 Å². The molecule has 6 heteroatoms. The van der Waals surface area contributed by atoms with Gasteiger partial charge in [0.2, 0.25) is 5.72 Å². The number of hydrogen-bond donors (Lipinski definition) is 0. The van der Waals surface area contributed by atoms with Gasteiger partial charge in [-0.2, -0.15) is 0 Å². The molecule has 5 rings (SSSR count). The second-order valence-corrected chi connectivity index (χ2v) is 10.3. The van der Waals surface area contributed by atoms with E-state index in [0.717, 1.165) is 28.4 Å². The van der Waals surface area contributed by atoms with Crippen LogP contribution in [0.15, 0.2) is 46.2 Å². The molecule has 3 atom stereocenters. The summed E-state index contributed by atoms with van der Waals surface area (Å²) < 4.78 is 0. The third-order valence-electron chi connectivity index (χ3n) is 7.19. The number of hydrogen-bond acceptors (Lipinski definition) is 6. The van der Waals surface area contributed by atoms with Gasteiger partial charge in [-0.3, -0.25) is 5.01 Å². The molecule has 3 aliphatic rings. The van der Waals surface area contributed by atoms with Crippen molar-refractivity contribution in [3.05, 3.63) is 80.4 Å². The summed E-state index contributed by atoms with van der Waals surface area (Å²) >= 11 is 0. The number of amidine groups is 2. The third kappa shape index (κ3) is 3.23. The lowest BCUT2D eigenvalue weighted by molar-refractivity contribution is -0.131. The van der Waals surface area contributed by atoms with Crippen LogP contribution < -0.4 is 0 Å². The number of rotatable bonds is 2. The highest BCUT2D eigenvalue weighted by Crippen LogP contribution is 2.41. The van der Waals surface area contributed by atoms with Crippen LogP contribution in [-0.2, 0) is 9.68 Å². The number of fused-ring (bicyclic) bond motifs is 4. The number of aryl methyl sites for hydroxylation is 6. The zero-order valence-electron chi connectivity index (χ0n) is 21.6. The molecule has 0 unspecified atom stereocenters. The third-order valence-corrected chi connectivity index (χ3v) is 7.19. The molecule has 0 aromatic heterocycles. The van der Waals surface area contributed by atoms with Crippen LogP contribution in [-0.4, -0.2) is 39.6 Å². The first-order valence-corrected chi connectivity index (χ1v) is 12.0. The Balaban J connectivity index is 1.74. The summed E-state index contributed by atoms with van der Waals surface area (Å²) in [5.74, 6) is 1.58. The van der Waals surface area contributed by atoms with Crippen LogP contribution in [0, 0.1) is 41.5 Å². The standard InChI is InChI=1S/C28H34N4O2/c1-15-10-17(3)23(18(4)11-15)26-29-33-25-21(7)14-28(9)32(31(26)22(25)8)27(30-34-28)24-19(5)12-16(2)13-20(24)6/h10-14,22,25H,1-9H3/t22-,25-,28-/m0/s1. The van der Waals surface area contributed by atoms with E-state index in [9.17, 15) is 0 Å². The minimum atomic E-state index is -0.798. The second-order valence-electron chi connectivity index (χ2n) is 10.3. The molecule has 3 aliphatic heterocycles. The number of benzene rings is 2. The molecule has 3 heterocycles. The maximum Gasteiger partial charge on any atom is 0.245 e. The normalized spacial score (nSPS) is 25.6. The summed E-state index contributed by atoms with van der Waals surface area (Å²) in [6, 6.07) is 8.80. The lowest BCUT2D eigenvalue weighted by Gasteiger charge is -2.46. The van der Waals surface area contributed by atoms with E-state index in [2.05, 4.69) is 108 Å². The van der Waals surface area contributed by atoms with Crippen LogP contribution in [0.2, 0.25) is 0 Å². The molecule has 0 saturated heterocycles. The van der Waals surface area contributed by atoms with Crippen molar-refractivity contribution in [1.82, 2.24) is 10.0 Å². The summed E-state index contributed by atoms with van der Waals surface area (Å²) in [5.41, 5.74) is 9.61. The minimum absolute atomic E-state index is 0.0105. The van der Waals surface area contributed by atoms with E-state index in [1.165, 1.54) is 33.4 Å². The fourth-order valence-electron chi connectivity index (χ4n) is 6.01. The van der Waals surface area contributed by atoms with Gasteiger partial charge in [0.05, 0.1) is 6.04 Å². The average Bonchev–Trinajstić information content (AvgIpc) is 3.00. The van der Waals surface area contributed by atoms with Gasteiger partial charge in [-0.25, -0.2) is 5.01 Å². The van der Waals surface area contributed by atoms with Gasteiger partial charge in [0.1, 0.15) is 0 Å². The van der Waals surface area contributed by atoms with Crippen LogP contribution in [0.4, 0.5) is 0 Å². The van der Waals surface area contributed by atoms with Crippen molar-refractivity contribution in [2.75, 3.05) is 0 Å². The van der Waals surface area contributed by atoms with Gasteiger partial charge < -0.3 is 9.68 Å². The molecule has 0 N–H and O–H groups in total. The fraction of sp³-hybridized carbons (Fsp3) is 0.429. The van der Waals surface area contributed by atoms with Crippen LogP contribution in [0.1, 0.15) is 65.3 Å². The number of hydrazine groups is 1. The van der Waals surface area contributed by atoms with Crippen molar-refractivity contribution in [1.29, 1.82) is 0 Å². The molecule has 2 aromatic carbocycles. The Hall–Kier alpha value is -3.28. The van der Waals surface area contributed by atoms with Crippen LogP contribution >= 0.6 is 0 Å². The average molecular weight is 459 g/mol. The van der Waals surface area contributed by atoms with E-state index in [-0.39, 0.29) is 12.1 Å². The van der Waals surface area contributed by atoms with E-state index in [1.54, 1.807) is 0 Å². The number of nitrogens with zero attached hydrogens (tertiary/aromatic N) is 4. The van der Waals surface area contributed by atoms with Crippen LogP contribution in [0.3, 0.4) is 0 Å². The van der Waals surface area contributed by atoms with Crippen molar-refractivity contribution in [2.24, 2.45) is 10.3 Å². The molecular weight excluding hydrogens is 424 g/mol. The summed E-state index contributed by atoms with van der Waals surface area (Å²) in [6.07, 6.45) is 1.94. The highest BCUT2D eigenvalue weighted by atomic mass is 16.7. The van der Waals surface area contributed by atoms with Gasteiger partial charge in [-0.05, 0) is 89.3 Å². The van der Waals surface area contributed by atoms with E-state index in [1.807, 2.05) is 0 Å². The lowest BCUT2D eigenvalue weighted by Crippen LogP contribution is -2.62. The Bertz CT molecular complexity index is 1250. The van der Waals surface area contributed by atoms with E-state index in [4.69, 9.17) is 14.8 Å². The minimum Gasteiger partial charge on any atom is -0.384 e. The van der Waals surface area contributed by atoms with E-state index < -0.39 is 5.72 Å². The molecular formula is C28H34N4O2. The van der Waals surface area contributed by atoms with Gasteiger partial charge in [0, 0.05) is 18.1 Å². The van der Waals surface area contributed by atoms with Crippen molar-refractivity contribution in [3.8, 4) is 0 Å². The van der Waals surface area contributed by atoms with Gasteiger partial charge >= 0.3 is 0 Å². The van der Waals surface area contributed by atoms with Crippen molar-refractivity contribution in [2.45, 2.75) is 80.2 Å². The summed E-state index contributed by atoms with van der Waals surface area (Å²) in [4.78, 5) is 12.3. The first-order valence-electron chi connectivity index (χ1n) is 12.0. The Kier molecular flexibility index (Phi) is 5.04. The van der Waals surface area contributed by atoms with E-state index in [0.29, 0.717) is 0 Å². The topological polar surface area (TPSA) is 49.7 Å². The molecule has 34 heavy (non-hydrogen) atoms. The highest BCUT2D eigenvalue weighted by Gasteiger charge is 2.53. The molecule has 0 amide bonds. The van der Waals surface area contributed by atoms with Gasteiger partial charge in [-0.15, -0.1) is 0 Å². The molecule has 0 aliphatic carbocycles. The first kappa shape index (κ1) is 22.5. The zero-order chi connectivity index (χ0) is 24.5. The Morgan fingerprint density at radius 2 is 1.26 bits per heavy atom. The van der Waals surface area contributed by atoms with Crippen LogP contribution in [0.25, 0.3) is 0 Å². The molecule has 0 radical (unpaired) electrons. The highest BCUT2D eigenvalue weighted by molar-refractivity contribution is 6.07. The predicted molar refractivity (Wildman–Crippen MR) is 136 cm³/mol. The predicted octanol–water partition coefficient (Wildman–Crippen LogP) is 5.57. The summed E-state index contributed by atoms with van der Waals surface area (Å²) in [7, 11) is 0. The SMILES string of the molecule is CC1=C[C@]2(C)ON=C(c3c(C)cc(C)cc3C)N2N2C(c3c(C)cc(C)cc3C)=NO[C@@H]1[C@@H]2C. The molecule has 0 saturated carbocycles. The monoisotopic (exact) mass is 458 g/mol. The van der Waals surface area contributed by atoms with Crippen molar-refractivity contribution >= 4 is 11.7 Å². The lowest BCUT2D eigenvalue weighted by atomic mass is 9.96. The van der Waals surface area contributed by atoms with Crippen LogP contribution in [0.5, 0.6) is 0 Å². The quantitative estimate of drug-likeness (QED) is 0.552. The zero-order valence-corrected chi connectivity index (χ0v) is 21.6. The first-order chi connectivity index (χ1) is 16.0. The van der Waals surface area contributed by atoms with Gasteiger partial charge in [-0.1, -0.05) is 45.7 Å². The molecule has 2 bridgehead atoms. The van der Waals surface area contributed by atoms with E-state index >= 15 is 0 Å². The smallest absolute Gasteiger partial charge is 0.245 e. The molecule has 0 fully saturated rings. The Morgan fingerprint density at radius 3 is 1.79 bits per heavy atom. The molecule has 6 nitrogen and oxygen atoms in total. The number of oxime groups is 2. The Morgan fingerprint density at radius 1 is 0.765 bits per heavy atom. The largest absolute Gasteiger partial charge is 0.384 e. The molecule has 178 valence electrons. The fourth-order valence-corrected chi connectivity index (χ4v) is 6.01. The maximum atomic E-state index is 6.21. The summed E-state index contributed by atoms with van der Waals surface area (Å²) in [5, 5.41) is 13.8. The maximum absolute atomic E-state index is 6.21. The molecule has 2 aromatic rings. The molecule has 0 spiro atoms. The van der Waals surface area contributed by atoms with Crippen molar-refractivity contribution in [3.63, 3.8) is 0 Å². The summed E-state index contributed by atoms with van der Waals surface area (Å²) in [6.45, 7) is 19.1.